The number of piperidine rings is 1. The van der Waals surface area contributed by atoms with Crippen LogP contribution in [-0.4, -0.2) is 50.2 Å². The van der Waals surface area contributed by atoms with Crippen molar-refractivity contribution < 1.29 is 14.3 Å². The smallest absolute Gasteiger partial charge is 0.244 e. The number of nitrogens with zero attached hydrogens (tertiary/aromatic N) is 1. The van der Waals surface area contributed by atoms with Crippen molar-refractivity contribution in [3.05, 3.63) is 29.8 Å². The number of methoxy groups -OCH3 is 1. The molecule has 0 radical (unpaired) electrons. The highest BCUT2D eigenvalue weighted by Crippen LogP contribution is 2.29. The molecule has 0 unspecified atom stereocenters. The van der Waals surface area contributed by atoms with E-state index in [-0.39, 0.29) is 18.3 Å². The van der Waals surface area contributed by atoms with Gasteiger partial charge < -0.3 is 14.8 Å². The summed E-state index contributed by atoms with van der Waals surface area (Å²) in [5.41, 5.74) is 0.928. The van der Waals surface area contributed by atoms with Gasteiger partial charge >= 0.3 is 0 Å². The van der Waals surface area contributed by atoms with Crippen LogP contribution in [-0.2, 0) is 4.79 Å². The van der Waals surface area contributed by atoms with Gasteiger partial charge in [-0.05, 0) is 81.3 Å². The van der Waals surface area contributed by atoms with Gasteiger partial charge in [0.1, 0.15) is 6.61 Å². The molecule has 30 heavy (non-hydrogen) atoms. The average molecular weight is 437 g/mol. The molecule has 2 fully saturated rings. The number of amides is 1. The molecular weight excluding hydrogens is 400 g/mol. The van der Waals surface area contributed by atoms with Crippen LogP contribution in [0.3, 0.4) is 0 Å². The second-order valence-corrected chi connectivity index (χ2v) is 8.46. The molecule has 0 bridgehead atoms. The number of carbonyl (C=O) groups is 1. The lowest BCUT2D eigenvalue weighted by Crippen LogP contribution is -2.36. The van der Waals surface area contributed by atoms with E-state index in [2.05, 4.69) is 17.1 Å². The van der Waals surface area contributed by atoms with E-state index in [1.54, 1.807) is 13.2 Å². The standard InChI is InChI=1S/C24H36N2O3.ClH/c1-19-6-10-21(11-7-19)25-24(27)13-9-20-8-12-22(23(18-20)28-2)29-17-16-26-14-4-3-5-15-26;/h8-9,12-13,18-19,21H,3-7,10-11,14-17H2,1-2H3,(H,25,27);1H. The van der Waals surface area contributed by atoms with Crippen molar-refractivity contribution in [1.29, 1.82) is 0 Å². The molecule has 1 aliphatic carbocycles. The minimum absolute atomic E-state index is 0. The zero-order valence-electron chi connectivity index (χ0n) is 18.4. The third-order valence-electron chi connectivity index (χ3n) is 6.09. The number of likely N-dealkylation sites (tertiary alicyclic amines) is 1. The normalized spacial score (nSPS) is 22.3. The van der Waals surface area contributed by atoms with E-state index in [4.69, 9.17) is 9.47 Å². The number of benzene rings is 1. The Labute approximate surface area is 187 Å². The summed E-state index contributed by atoms with van der Waals surface area (Å²) in [5.74, 6) is 2.21. The van der Waals surface area contributed by atoms with Crippen molar-refractivity contribution in [1.82, 2.24) is 10.2 Å². The number of rotatable bonds is 8. The largest absolute Gasteiger partial charge is 0.493 e. The molecule has 5 nitrogen and oxygen atoms in total. The van der Waals surface area contributed by atoms with Gasteiger partial charge in [-0.1, -0.05) is 19.4 Å². The van der Waals surface area contributed by atoms with Gasteiger partial charge in [0.05, 0.1) is 7.11 Å². The Hall–Kier alpha value is -1.72. The Morgan fingerprint density at radius 1 is 1.13 bits per heavy atom. The van der Waals surface area contributed by atoms with Gasteiger partial charge in [0.2, 0.25) is 5.91 Å². The molecule has 1 saturated heterocycles. The van der Waals surface area contributed by atoms with Crippen molar-refractivity contribution in [2.45, 2.75) is 57.9 Å². The van der Waals surface area contributed by atoms with Crippen molar-refractivity contribution in [2.75, 3.05) is 33.4 Å². The molecule has 0 spiro atoms. The molecule has 0 aromatic heterocycles. The molecule has 1 amide bonds. The Balaban J connectivity index is 0.00000320. The molecule has 168 valence electrons. The lowest BCUT2D eigenvalue weighted by atomic mass is 9.87. The van der Waals surface area contributed by atoms with Gasteiger partial charge in [-0.25, -0.2) is 0 Å². The first kappa shape index (κ1) is 24.5. The molecule has 1 N–H and O–H groups in total. The van der Waals surface area contributed by atoms with Crippen LogP contribution in [0.2, 0.25) is 0 Å². The summed E-state index contributed by atoms with van der Waals surface area (Å²) >= 11 is 0. The van der Waals surface area contributed by atoms with Crippen molar-refractivity contribution in [3.63, 3.8) is 0 Å². The fourth-order valence-electron chi connectivity index (χ4n) is 4.20. The lowest BCUT2D eigenvalue weighted by Gasteiger charge is -2.26. The van der Waals surface area contributed by atoms with Gasteiger partial charge in [0.15, 0.2) is 11.5 Å². The number of hydrogen-bond acceptors (Lipinski definition) is 4. The molecule has 3 rings (SSSR count). The molecular formula is C24H37ClN2O3. The Morgan fingerprint density at radius 2 is 1.87 bits per heavy atom. The van der Waals surface area contributed by atoms with E-state index in [1.165, 1.54) is 45.2 Å². The maximum atomic E-state index is 12.2. The predicted molar refractivity (Wildman–Crippen MR) is 125 cm³/mol. The number of hydrogen-bond donors (Lipinski definition) is 1. The summed E-state index contributed by atoms with van der Waals surface area (Å²) in [6.07, 6.45) is 11.9. The summed E-state index contributed by atoms with van der Waals surface area (Å²) < 4.78 is 11.4. The molecule has 1 heterocycles. The summed E-state index contributed by atoms with van der Waals surface area (Å²) in [6, 6.07) is 6.12. The van der Waals surface area contributed by atoms with E-state index < -0.39 is 0 Å². The first-order valence-corrected chi connectivity index (χ1v) is 11.2. The first-order chi connectivity index (χ1) is 14.1. The van der Waals surface area contributed by atoms with Crippen LogP contribution in [0.15, 0.2) is 24.3 Å². The monoisotopic (exact) mass is 436 g/mol. The quantitative estimate of drug-likeness (QED) is 0.600. The zero-order valence-corrected chi connectivity index (χ0v) is 19.2. The Kier molecular flexibility index (Phi) is 10.5. The van der Waals surface area contributed by atoms with Crippen LogP contribution in [0.4, 0.5) is 0 Å². The molecule has 2 aliphatic rings. The number of halogens is 1. The molecule has 1 saturated carbocycles. The fourth-order valence-corrected chi connectivity index (χ4v) is 4.20. The highest BCUT2D eigenvalue weighted by molar-refractivity contribution is 5.92. The maximum absolute atomic E-state index is 12.2. The topological polar surface area (TPSA) is 50.8 Å². The molecule has 1 aromatic carbocycles. The highest BCUT2D eigenvalue weighted by atomic mass is 35.5. The van der Waals surface area contributed by atoms with E-state index in [1.807, 2.05) is 24.3 Å². The van der Waals surface area contributed by atoms with Crippen LogP contribution in [0, 0.1) is 5.92 Å². The van der Waals surface area contributed by atoms with Gasteiger partial charge in [-0.3, -0.25) is 9.69 Å². The molecule has 0 atom stereocenters. The molecule has 1 aliphatic heterocycles. The van der Waals surface area contributed by atoms with Crippen LogP contribution < -0.4 is 14.8 Å². The predicted octanol–water partition coefficient (Wildman–Crippen LogP) is 4.69. The van der Waals surface area contributed by atoms with E-state index in [9.17, 15) is 4.79 Å². The maximum Gasteiger partial charge on any atom is 0.244 e. The van der Waals surface area contributed by atoms with Crippen molar-refractivity contribution >= 4 is 24.4 Å². The highest BCUT2D eigenvalue weighted by Gasteiger charge is 2.18. The zero-order chi connectivity index (χ0) is 20.5. The number of ether oxygens (including phenoxy) is 2. The minimum atomic E-state index is -0.0228. The van der Waals surface area contributed by atoms with E-state index >= 15 is 0 Å². The van der Waals surface area contributed by atoms with E-state index in [0.717, 1.165) is 36.6 Å². The third-order valence-corrected chi connectivity index (χ3v) is 6.09. The molecule has 6 heteroatoms. The number of nitrogens with one attached hydrogen (secondary N) is 1. The third kappa shape index (κ3) is 7.84. The van der Waals surface area contributed by atoms with Gasteiger partial charge in [0, 0.05) is 18.7 Å². The van der Waals surface area contributed by atoms with Crippen molar-refractivity contribution in [3.8, 4) is 11.5 Å². The SMILES string of the molecule is COc1cc(C=CC(=O)NC2CCC(C)CC2)ccc1OCCN1CCCCC1.Cl. The average Bonchev–Trinajstić information content (AvgIpc) is 2.75. The minimum Gasteiger partial charge on any atom is -0.493 e. The van der Waals surface area contributed by atoms with Gasteiger partial charge in [0.25, 0.3) is 0 Å². The van der Waals surface area contributed by atoms with Crippen LogP contribution in [0.5, 0.6) is 11.5 Å². The Morgan fingerprint density at radius 3 is 2.57 bits per heavy atom. The van der Waals surface area contributed by atoms with Gasteiger partial charge in [-0.15, -0.1) is 12.4 Å². The van der Waals surface area contributed by atoms with Crippen molar-refractivity contribution in [2.24, 2.45) is 5.92 Å². The van der Waals surface area contributed by atoms with Crippen LogP contribution in [0.25, 0.3) is 6.08 Å². The van der Waals surface area contributed by atoms with Crippen LogP contribution in [0.1, 0.15) is 57.4 Å². The number of carbonyl (C=O) groups excluding carboxylic acids is 1. The summed E-state index contributed by atoms with van der Waals surface area (Å²) in [6.45, 7) is 6.24. The van der Waals surface area contributed by atoms with Crippen LogP contribution >= 0.6 is 12.4 Å². The van der Waals surface area contributed by atoms with E-state index in [0.29, 0.717) is 18.4 Å². The lowest BCUT2D eigenvalue weighted by molar-refractivity contribution is -0.117. The Bertz CT molecular complexity index is 681. The first-order valence-electron chi connectivity index (χ1n) is 11.2. The summed E-state index contributed by atoms with van der Waals surface area (Å²) in [7, 11) is 1.65. The summed E-state index contributed by atoms with van der Waals surface area (Å²) in [5, 5.41) is 3.12. The molecule has 1 aromatic rings. The summed E-state index contributed by atoms with van der Waals surface area (Å²) in [4.78, 5) is 14.7. The second-order valence-electron chi connectivity index (χ2n) is 8.46. The second kappa shape index (κ2) is 12.9. The fraction of sp³-hybridized carbons (Fsp3) is 0.625. The van der Waals surface area contributed by atoms with Gasteiger partial charge in [-0.2, -0.15) is 0 Å².